The minimum absolute atomic E-state index is 0.0417. The van der Waals surface area contributed by atoms with E-state index in [1.807, 2.05) is 20.8 Å². The van der Waals surface area contributed by atoms with Gasteiger partial charge in [-0.3, -0.25) is 0 Å². The largest absolute Gasteiger partial charge is 0.478 e. The second-order valence-electron chi connectivity index (χ2n) is 5.49. The van der Waals surface area contributed by atoms with Gasteiger partial charge in [-0.05, 0) is 32.1 Å². The number of hydrogen-bond donors (Lipinski definition) is 1. The van der Waals surface area contributed by atoms with Gasteiger partial charge in [-0.15, -0.1) is 0 Å². The van der Waals surface area contributed by atoms with Gasteiger partial charge in [-0.1, -0.05) is 13.8 Å². The number of aromatic nitrogens is 2. The maximum absolute atomic E-state index is 11.2. The molecule has 2 rings (SSSR count). The monoisotopic (exact) mass is 264 g/mol. The van der Waals surface area contributed by atoms with E-state index in [2.05, 4.69) is 9.97 Å². The van der Waals surface area contributed by atoms with Crippen LogP contribution in [0, 0.1) is 0 Å². The summed E-state index contributed by atoms with van der Waals surface area (Å²) in [4.78, 5) is 19.9. The molecular weight excluding hydrogens is 244 g/mol. The zero-order valence-corrected chi connectivity index (χ0v) is 11.6. The minimum Gasteiger partial charge on any atom is -0.478 e. The molecule has 1 unspecified atom stereocenters. The van der Waals surface area contributed by atoms with Crippen LogP contribution in [0.25, 0.3) is 0 Å². The van der Waals surface area contributed by atoms with Gasteiger partial charge in [0.25, 0.3) is 0 Å². The molecule has 104 valence electrons. The van der Waals surface area contributed by atoms with Crippen molar-refractivity contribution in [3.8, 4) is 0 Å². The van der Waals surface area contributed by atoms with E-state index in [1.54, 1.807) is 0 Å². The summed E-state index contributed by atoms with van der Waals surface area (Å²) in [5.41, 5.74) is 0.268. The summed E-state index contributed by atoms with van der Waals surface area (Å²) < 4.78 is 5.81. The molecule has 1 aliphatic heterocycles. The lowest BCUT2D eigenvalue weighted by atomic mass is 9.94. The Morgan fingerprint density at radius 2 is 2.21 bits per heavy atom. The fourth-order valence-corrected chi connectivity index (χ4v) is 2.37. The fraction of sp³-hybridized carbons (Fsp3) is 0.643. The van der Waals surface area contributed by atoms with E-state index in [4.69, 9.17) is 9.84 Å². The molecule has 0 saturated carbocycles. The lowest BCUT2D eigenvalue weighted by molar-refractivity contribution is -0.0762. The standard InChI is InChI=1S/C14H20N2O3/c1-9(2)11-10(12(17)18)8-15-13(16-11)14(3)6-4-5-7-19-14/h8-9H,4-7H2,1-3H3,(H,17,18). The summed E-state index contributed by atoms with van der Waals surface area (Å²) >= 11 is 0. The van der Waals surface area contributed by atoms with E-state index in [-0.39, 0.29) is 11.5 Å². The summed E-state index contributed by atoms with van der Waals surface area (Å²) in [5.74, 6) is -0.342. The van der Waals surface area contributed by atoms with E-state index in [9.17, 15) is 4.79 Å². The topological polar surface area (TPSA) is 72.3 Å². The first kappa shape index (κ1) is 13.9. The molecule has 0 amide bonds. The summed E-state index contributed by atoms with van der Waals surface area (Å²) in [6.07, 6.45) is 4.41. The van der Waals surface area contributed by atoms with Crippen LogP contribution in [0.3, 0.4) is 0 Å². The molecule has 1 aliphatic rings. The van der Waals surface area contributed by atoms with E-state index < -0.39 is 11.6 Å². The van der Waals surface area contributed by atoms with Crippen molar-refractivity contribution in [3.63, 3.8) is 0 Å². The molecule has 1 atom stereocenters. The van der Waals surface area contributed by atoms with Gasteiger partial charge in [0.15, 0.2) is 5.82 Å². The third-order valence-electron chi connectivity index (χ3n) is 3.54. The van der Waals surface area contributed by atoms with E-state index in [1.165, 1.54) is 6.20 Å². The molecule has 0 aromatic carbocycles. The van der Waals surface area contributed by atoms with Crippen molar-refractivity contribution in [3.05, 3.63) is 23.3 Å². The lowest BCUT2D eigenvalue weighted by Gasteiger charge is -2.32. The highest BCUT2D eigenvalue weighted by atomic mass is 16.5. The van der Waals surface area contributed by atoms with Crippen molar-refractivity contribution < 1.29 is 14.6 Å². The Bertz CT molecular complexity index is 480. The SMILES string of the molecule is CC(C)c1nc(C2(C)CCCCO2)ncc1C(=O)O. The Labute approximate surface area is 113 Å². The van der Waals surface area contributed by atoms with Crippen LogP contribution in [-0.2, 0) is 10.3 Å². The molecule has 2 heterocycles. The highest BCUT2D eigenvalue weighted by Crippen LogP contribution is 2.33. The quantitative estimate of drug-likeness (QED) is 0.908. The highest BCUT2D eigenvalue weighted by molar-refractivity contribution is 5.88. The van der Waals surface area contributed by atoms with Crippen LogP contribution in [0.5, 0.6) is 0 Å². The van der Waals surface area contributed by atoms with Crippen LogP contribution < -0.4 is 0 Å². The van der Waals surface area contributed by atoms with Crippen molar-refractivity contribution in [2.24, 2.45) is 0 Å². The number of aromatic carboxylic acids is 1. The van der Waals surface area contributed by atoms with Crippen molar-refractivity contribution in [2.75, 3.05) is 6.61 Å². The lowest BCUT2D eigenvalue weighted by Crippen LogP contribution is -2.33. The molecule has 0 spiro atoms. The predicted octanol–water partition coefficient (Wildman–Crippen LogP) is 2.71. The smallest absolute Gasteiger partial charge is 0.339 e. The second-order valence-corrected chi connectivity index (χ2v) is 5.49. The zero-order valence-electron chi connectivity index (χ0n) is 11.6. The molecule has 5 nitrogen and oxygen atoms in total. The Morgan fingerprint density at radius 1 is 1.47 bits per heavy atom. The minimum atomic E-state index is -0.982. The fourth-order valence-electron chi connectivity index (χ4n) is 2.37. The molecular formula is C14H20N2O3. The van der Waals surface area contributed by atoms with Crippen molar-refractivity contribution in [1.82, 2.24) is 9.97 Å². The molecule has 1 aromatic rings. The van der Waals surface area contributed by atoms with Gasteiger partial charge in [0, 0.05) is 12.8 Å². The molecule has 1 saturated heterocycles. The molecule has 0 aliphatic carbocycles. The molecule has 19 heavy (non-hydrogen) atoms. The third kappa shape index (κ3) is 2.76. The Kier molecular flexibility index (Phi) is 3.85. The van der Waals surface area contributed by atoms with E-state index >= 15 is 0 Å². The summed E-state index contributed by atoms with van der Waals surface area (Å²) in [6.45, 7) is 6.55. The van der Waals surface area contributed by atoms with Gasteiger partial charge in [0.1, 0.15) is 5.60 Å². The van der Waals surface area contributed by atoms with Crippen LogP contribution in [0.2, 0.25) is 0 Å². The van der Waals surface area contributed by atoms with Crippen molar-refractivity contribution in [1.29, 1.82) is 0 Å². The number of carbonyl (C=O) groups is 1. The normalized spacial score (nSPS) is 23.6. The van der Waals surface area contributed by atoms with Crippen LogP contribution in [-0.4, -0.2) is 27.7 Å². The van der Waals surface area contributed by atoms with Gasteiger partial charge in [0.05, 0.1) is 11.3 Å². The average Bonchev–Trinajstić information content (AvgIpc) is 2.38. The van der Waals surface area contributed by atoms with Gasteiger partial charge in [-0.25, -0.2) is 14.8 Å². The van der Waals surface area contributed by atoms with Crippen LogP contribution in [0.4, 0.5) is 0 Å². The maximum atomic E-state index is 11.2. The number of carboxylic acids is 1. The number of nitrogens with zero attached hydrogens (tertiary/aromatic N) is 2. The molecule has 1 fully saturated rings. The Balaban J connectivity index is 2.42. The molecule has 1 N–H and O–H groups in total. The van der Waals surface area contributed by atoms with Gasteiger partial charge < -0.3 is 9.84 Å². The summed E-state index contributed by atoms with van der Waals surface area (Å²) in [5, 5.41) is 9.17. The maximum Gasteiger partial charge on any atom is 0.339 e. The van der Waals surface area contributed by atoms with Gasteiger partial charge >= 0.3 is 5.97 Å². The van der Waals surface area contributed by atoms with Crippen LogP contribution in [0.15, 0.2) is 6.20 Å². The molecule has 5 heteroatoms. The number of ether oxygens (including phenoxy) is 1. The highest BCUT2D eigenvalue weighted by Gasteiger charge is 2.34. The number of rotatable bonds is 3. The Morgan fingerprint density at radius 3 is 2.74 bits per heavy atom. The van der Waals surface area contributed by atoms with E-state index in [0.717, 1.165) is 19.3 Å². The van der Waals surface area contributed by atoms with Gasteiger partial charge in [0.2, 0.25) is 0 Å². The zero-order chi connectivity index (χ0) is 14.0. The van der Waals surface area contributed by atoms with Gasteiger partial charge in [-0.2, -0.15) is 0 Å². The second kappa shape index (κ2) is 5.25. The first-order valence-electron chi connectivity index (χ1n) is 6.69. The summed E-state index contributed by atoms with van der Waals surface area (Å²) in [7, 11) is 0. The van der Waals surface area contributed by atoms with Crippen molar-refractivity contribution in [2.45, 2.75) is 51.6 Å². The average molecular weight is 264 g/mol. The first-order chi connectivity index (χ1) is 8.94. The predicted molar refractivity (Wildman–Crippen MR) is 70.2 cm³/mol. The molecule has 0 radical (unpaired) electrons. The van der Waals surface area contributed by atoms with E-state index in [0.29, 0.717) is 18.1 Å². The summed E-state index contributed by atoms with van der Waals surface area (Å²) in [6, 6.07) is 0. The Hall–Kier alpha value is -1.49. The molecule has 0 bridgehead atoms. The molecule has 1 aromatic heterocycles. The number of hydrogen-bond acceptors (Lipinski definition) is 4. The van der Waals surface area contributed by atoms with Crippen molar-refractivity contribution >= 4 is 5.97 Å². The van der Waals surface area contributed by atoms with Crippen LogP contribution in [0.1, 0.15) is 67.8 Å². The number of carboxylic acid groups (broad SMARTS) is 1. The third-order valence-corrected chi connectivity index (χ3v) is 3.54. The first-order valence-corrected chi connectivity index (χ1v) is 6.69. The van der Waals surface area contributed by atoms with Crippen LogP contribution >= 0.6 is 0 Å².